The topological polar surface area (TPSA) is 73.4 Å². The molecule has 2 heterocycles. The molecule has 0 atom stereocenters. The van der Waals surface area contributed by atoms with Crippen molar-refractivity contribution < 1.29 is 23.7 Å². The summed E-state index contributed by atoms with van der Waals surface area (Å²) >= 11 is 0. The summed E-state index contributed by atoms with van der Waals surface area (Å²) in [6.45, 7) is 8.02. The van der Waals surface area contributed by atoms with Crippen LogP contribution in [0.5, 0.6) is 17.2 Å². The highest BCUT2D eigenvalue weighted by atomic mass is 16.5. The van der Waals surface area contributed by atoms with Gasteiger partial charge in [-0.05, 0) is 49.2 Å². The van der Waals surface area contributed by atoms with Gasteiger partial charge in [0.05, 0.1) is 20.3 Å². The first-order chi connectivity index (χ1) is 18.0. The Morgan fingerprint density at radius 2 is 1.59 bits per heavy atom. The molecule has 1 aliphatic heterocycles. The standard InChI is InChI=1S/C29H35N3O5/c1-21(2)37-29(33)24-11-8-12-30-28(24)32-15-13-31(14-16-32)19-23-17-25(34-3)27(26(18-23)35-4)36-20-22-9-6-5-7-10-22/h5-12,17-18,21H,13-16,19-20H2,1-4H3. The van der Waals surface area contributed by atoms with E-state index in [1.54, 1.807) is 32.5 Å². The van der Waals surface area contributed by atoms with Crippen LogP contribution in [0, 0.1) is 0 Å². The number of anilines is 1. The van der Waals surface area contributed by atoms with Gasteiger partial charge < -0.3 is 23.8 Å². The molecule has 0 saturated carbocycles. The monoisotopic (exact) mass is 505 g/mol. The number of carbonyl (C=O) groups is 1. The number of ether oxygens (including phenoxy) is 4. The van der Waals surface area contributed by atoms with Crippen LogP contribution in [0.4, 0.5) is 5.82 Å². The van der Waals surface area contributed by atoms with Crippen molar-refractivity contribution in [1.29, 1.82) is 0 Å². The van der Waals surface area contributed by atoms with E-state index in [4.69, 9.17) is 18.9 Å². The van der Waals surface area contributed by atoms with Crippen molar-refractivity contribution in [2.24, 2.45) is 0 Å². The average molecular weight is 506 g/mol. The zero-order valence-electron chi connectivity index (χ0n) is 22.0. The van der Waals surface area contributed by atoms with Crippen LogP contribution in [-0.2, 0) is 17.9 Å². The molecule has 1 aliphatic rings. The molecule has 0 N–H and O–H groups in total. The van der Waals surface area contributed by atoms with E-state index in [0.29, 0.717) is 35.2 Å². The molecule has 0 bridgehead atoms. The van der Waals surface area contributed by atoms with E-state index < -0.39 is 0 Å². The molecule has 4 rings (SSSR count). The lowest BCUT2D eigenvalue weighted by Crippen LogP contribution is -2.46. The third-order valence-corrected chi connectivity index (χ3v) is 6.17. The van der Waals surface area contributed by atoms with E-state index in [0.717, 1.165) is 43.9 Å². The molecule has 2 aromatic carbocycles. The van der Waals surface area contributed by atoms with Crippen molar-refractivity contribution in [3.8, 4) is 17.2 Å². The quantitative estimate of drug-likeness (QED) is 0.371. The number of hydrogen-bond donors (Lipinski definition) is 0. The van der Waals surface area contributed by atoms with Gasteiger partial charge >= 0.3 is 5.97 Å². The Morgan fingerprint density at radius 1 is 0.919 bits per heavy atom. The maximum atomic E-state index is 12.6. The summed E-state index contributed by atoms with van der Waals surface area (Å²) in [5.41, 5.74) is 2.65. The predicted octanol–water partition coefficient (Wildman–Crippen LogP) is 4.57. The summed E-state index contributed by atoms with van der Waals surface area (Å²) in [6, 6.07) is 17.6. The zero-order chi connectivity index (χ0) is 26.2. The Balaban J connectivity index is 1.41. The van der Waals surface area contributed by atoms with Gasteiger partial charge in [0.25, 0.3) is 0 Å². The Morgan fingerprint density at radius 3 is 2.22 bits per heavy atom. The molecule has 1 aromatic heterocycles. The SMILES string of the molecule is COc1cc(CN2CCN(c3ncccc3C(=O)OC(C)C)CC2)cc(OC)c1OCc1ccccc1. The van der Waals surface area contributed by atoms with Crippen LogP contribution < -0.4 is 19.1 Å². The summed E-state index contributed by atoms with van der Waals surface area (Å²) in [5, 5.41) is 0. The summed E-state index contributed by atoms with van der Waals surface area (Å²) in [7, 11) is 3.28. The normalized spacial score (nSPS) is 13.9. The maximum Gasteiger partial charge on any atom is 0.342 e. The van der Waals surface area contributed by atoms with E-state index in [1.807, 2.05) is 56.3 Å². The van der Waals surface area contributed by atoms with Gasteiger partial charge in [-0.15, -0.1) is 0 Å². The lowest BCUT2D eigenvalue weighted by Gasteiger charge is -2.36. The van der Waals surface area contributed by atoms with Gasteiger partial charge in [-0.1, -0.05) is 30.3 Å². The number of aromatic nitrogens is 1. The molecule has 0 aliphatic carbocycles. The van der Waals surface area contributed by atoms with Gasteiger partial charge in [0.2, 0.25) is 5.75 Å². The lowest BCUT2D eigenvalue weighted by molar-refractivity contribution is 0.0378. The minimum Gasteiger partial charge on any atom is -0.493 e. The highest BCUT2D eigenvalue weighted by Crippen LogP contribution is 2.39. The number of piperazine rings is 1. The van der Waals surface area contributed by atoms with Crippen molar-refractivity contribution in [1.82, 2.24) is 9.88 Å². The summed E-state index contributed by atoms with van der Waals surface area (Å²) < 4.78 is 22.8. The second kappa shape index (κ2) is 12.5. The Bertz CT molecular complexity index is 1150. The van der Waals surface area contributed by atoms with Crippen LogP contribution in [0.3, 0.4) is 0 Å². The highest BCUT2D eigenvalue weighted by molar-refractivity contribution is 5.94. The van der Waals surface area contributed by atoms with Crippen molar-refractivity contribution in [2.45, 2.75) is 33.1 Å². The molecule has 0 unspecified atom stereocenters. The molecule has 196 valence electrons. The Hall–Kier alpha value is -3.78. The maximum absolute atomic E-state index is 12.6. The smallest absolute Gasteiger partial charge is 0.342 e. The van der Waals surface area contributed by atoms with Crippen LogP contribution in [0.2, 0.25) is 0 Å². The van der Waals surface area contributed by atoms with Crippen LogP contribution in [-0.4, -0.2) is 62.4 Å². The lowest BCUT2D eigenvalue weighted by atomic mass is 10.1. The number of rotatable bonds is 10. The minimum absolute atomic E-state index is 0.179. The first-order valence-corrected chi connectivity index (χ1v) is 12.5. The minimum atomic E-state index is -0.339. The van der Waals surface area contributed by atoms with Crippen LogP contribution in [0.25, 0.3) is 0 Å². The zero-order valence-corrected chi connectivity index (χ0v) is 22.0. The van der Waals surface area contributed by atoms with Crippen LogP contribution in [0.15, 0.2) is 60.8 Å². The molecule has 3 aromatic rings. The van der Waals surface area contributed by atoms with Gasteiger partial charge in [-0.2, -0.15) is 0 Å². The molecule has 8 heteroatoms. The molecule has 8 nitrogen and oxygen atoms in total. The van der Waals surface area contributed by atoms with Crippen LogP contribution >= 0.6 is 0 Å². The Kier molecular flexibility index (Phi) is 8.85. The van der Waals surface area contributed by atoms with E-state index in [-0.39, 0.29) is 12.1 Å². The highest BCUT2D eigenvalue weighted by Gasteiger charge is 2.24. The van der Waals surface area contributed by atoms with E-state index in [1.165, 1.54) is 0 Å². The van der Waals surface area contributed by atoms with Crippen molar-refractivity contribution in [3.63, 3.8) is 0 Å². The molecular weight excluding hydrogens is 470 g/mol. The molecule has 0 spiro atoms. The number of benzene rings is 2. The largest absolute Gasteiger partial charge is 0.493 e. The second-order valence-electron chi connectivity index (χ2n) is 9.20. The molecule has 0 amide bonds. The van der Waals surface area contributed by atoms with Gasteiger partial charge in [0, 0.05) is 38.9 Å². The first kappa shape index (κ1) is 26.3. The number of pyridine rings is 1. The fraction of sp³-hybridized carbons (Fsp3) is 0.379. The molecule has 0 radical (unpaired) electrons. The van der Waals surface area contributed by atoms with Crippen molar-refractivity contribution in [2.75, 3.05) is 45.3 Å². The van der Waals surface area contributed by atoms with E-state index in [2.05, 4.69) is 14.8 Å². The van der Waals surface area contributed by atoms with Gasteiger partial charge in [-0.25, -0.2) is 9.78 Å². The Labute approximate surface area is 218 Å². The van der Waals surface area contributed by atoms with Crippen LogP contribution in [0.1, 0.15) is 35.3 Å². The molecule has 37 heavy (non-hydrogen) atoms. The fourth-order valence-electron chi connectivity index (χ4n) is 4.36. The first-order valence-electron chi connectivity index (χ1n) is 12.5. The van der Waals surface area contributed by atoms with Gasteiger partial charge in [0.15, 0.2) is 11.5 Å². The molecule has 1 saturated heterocycles. The summed E-state index contributed by atoms with van der Waals surface area (Å²) in [6.07, 6.45) is 1.54. The number of methoxy groups -OCH3 is 2. The number of esters is 1. The van der Waals surface area contributed by atoms with Crippen molar-refractivity contribution >= 4 is 11.8 Å². The van der Waals surface area contributed by atoms with Crippen molar-refractivity contribution in [3.05, 3.63) is 77.5 Å². The second-order valence-corrected chi connectivity index (χ2v) is 9.20. The predicted molar refractivity (Wildman–Crippen MR) is 143 cm³/mol. The number of nitrogens with zero attached hydrogens (tertiary/aromatic N) is 3. The third-order valence-electron chi connectivity index (χ3n) is 6.17. The van der Waals surface area contributed by atoms with Gasteiger partial charge in [0.1, 0.15) is 18.0 Å². The van der Waals surface area contributed by atoms with E-state index >= 15 is 0 Å². The number of carbonyl (C=O) groups excluding carboxylic acids is 1. The van der Waals surface area contributed by atoms with E-state index in [9.17, 15) is 4.79 Å². The summed E-state index contributed by atoms with van der Waals surface area (Å²) in [5.74, 6) is 2.22. The molecule has 1 fully saturated rings. The molecular formula is C29H35N3O5. The third kappa shape index (κ3) is 6.71. The average Bonchev–Trinajstić information content (AvgIpc) is 2.92. The summed E-state index contributed by atoms with van der Waals surface area (Å²) in [4.78, 5) is 21.6. The fourth-order valence-corrected chi connectivity index (χ4v) is 4.36. The van der Waals surface area contributed by atoms with Gasteiger partial charge in [-0.3, -0.25) is 4.90 Å². The number of hydrogen-bond acceptors (Lipinski definition) is 8.